The summed E-state index contributed by atoms with van der Waals surface area (Å²) in [5.41, 5.74) is 7.46. The van der Waals surface area contributed by atoms with Gasteiger partial charge >= 0.3 is 5.76 Å². The molecule has 1 aliphatic heterocycles. The molecule has 2 atom stereocenters. The van der Waals surface area contributed by atoms with Crippen molar-refractivity contribution >= 4 is 15.7 Å². The van der Waals surface area contributed by atoms with Crippen LogP contribution in [0.15, 0.2) is 59.5 Å². The van der Waals surface area contributed by atoms with E-state index in [1.807, 2.05) is 30.3 Å². The Balaban J connectivity index is 1.76. The number of nitrogens with two attached hydrogens (primary N) is 1. The topological polar surface area (TPSA) is 80.5 Å². The molecule has 2 N–H and O–H groups in total. The fourth-order valence-electron chi connectivity index (χ4n) is 3.12. The first-order valence-electron chi connectivity index (χ1n) is 8.02. The first-order chi connectivity index (χ1) is 12.3. The van der Waals surface area contributed by atoms with Crippen LogP contribution in [0.5, 0.6) is 0 Å². The van der Waals surface area contributed by atoms with E-state index in [1.54, 1.807) is 4.90 Å². The van der Waals surface area contributed by atoms with E-state index in [1.165, 1.54) is 12.1 Å². The molecular formula is C18H18F2N2O3S. The van der Waals surface area contributed by atoms with Crippen molar-refractivity contribution in [2.45, 2.75) is 22.6 Å². The van der Waals surface area contributed by atoms with Gasteiger partial charge in [-0.2, -0.15) is 8.78 Å². The zero-order valence-corrected chi connectivity index (χ0v) is 14.6. The van der Waals surface area contributed by atoms with Gasteiger partial charge in [0.2, 0.25) is 9.84 Å². The molecule has 1 heterocycles. The third-order valence-electron chi connectivity index (χ3n) is 4.54. The maximum atomic E-state index is 12.6. The van der Waals surface area contributed by atoms with Crippen LogP contribution in [-0.2, 0) is 9.84 Å². The number of hydrogen-bond donors (Lipinski definition) is 1. The molecule has 0 radical (unpaired) electrons. The maximum Gasteiger partial charge on any atom is 0.341 e. The van der Waals surface area contributed by atoms with Gasteiger partial charge in [-0.25, -0.2) is 8.42 Å². The van der Waals surface area contributed by atoms with Gasteiger partial charge < -0.3 is 10.6 Å². The van der Waals surface area contributed by atoms with Crippen molar-refractivity contribution in [3.05, 3.63) is 65.7 Å². The third-order valence-corrected chi connectivity index (χ3v) is 5.94. The van der Waals surface area contributed by atoms with Crippen LogP contribution in [0.3, 0.4) is 0 Å². The van der Waals surface area contributed by atoms with Crippen LogP contribution in [-0.4, -0.2) is 44.1 Å². The number of rotatable bonds is 4. The van der Waals surface area contributed by atoms with Crippen molar-refractivity contribution in [2.24, 2.45) is 5.73 Å². The number of benzene rings is 2. The molecule has 0 aliphatic carbocycles. The highest BCUT2D eigenvalue weighted by Gasteiger charge is 2.34. The molecule has 1 saturated heterocycles. The summed E-state index contributed by atoms with van der Waals surface area (Å²) in [6, 6.07) is 14.0. The predicted molar refractivity (Wildman–Crippen MR) is 92.7 cm³/mol. The van der Waals surface area contributed by atoms with Gasteiger partial charge in [-0.3, -0.25) is 4.79 Å². The Morgan fingerprint density at radius 3 is 2.23 bits per heavy atom. The molecule has 0 spiro atoms. The van der Waals surface area contributed by atoms with E-state index < -0.39 is 20.5 Å². The van der Waals surface area contributed by atoms with Crippen molar-refractivity contribution in [1.29, 1.82) is 0 Å². The first kappa shape index (κ1) is 18.5. The average molecular weight is 380 g/mol. The van der Waals surface area contributed by atoms with Gasteiger partial charge in [0.15, 0.2) is 0 Å². The Bertz CT molecular complexity index is 886. The van der Waals surface area contributed by atoms with Gasteiger partial charge in [-0.05, 0) is 29.8 Å². The minimum atomic E-state index is -4.67. The summed E-state index contributed by atoms with van der Waals surface area (Å²) in [5, 5.41) is 0. The van der Waals surface area contributed by atoms with Gasteiger partial charge in [0.1, 0.15) is 0 Å². The molecule has 2 aromatic rings. The highest BCUT2D eigenvalue weighted by atomic mass is 32.2. The molecule has 1 fully saturated rings. The van der Waals surface area contributed by atoms with Crippen molar-refractivity contribution < 1.29 is 22.0 Å². The number of halogens is 2. The fourth-order valence-corrected chi connectivity index (χ4v) is 3.84. The first-order valence-corrected chi connectivity index (χ1v) is 9.57. The molecule has 2 aromatic carbocycles. The van der Waals surface area contributed by atoms with E-state index in [4.69, 9.17) is 5.73 Å². The molecule has 1 amide bonds. The molecule has 26 heavy (non-hydrogen) atoms. The molecule has 138 valence electrons. The van der Waals surface area contributed by atoms with Crippen molar-refractivity contribution in [1.82, 2.24) is 4.90 Å². The van der Waals surface area contributed by atoms with Crippen molar-refractivity contribution in [2.75, 3.05) is 13.1 Å². The quantitative estimate of drug-likeness (QED) is 0.882. The van der Waals surface area contributed by atoms with Crippen molar-refractivity contribution in [3.63, 3.8) is 0 Å². The standard InChI is InChI=1S/C18H18F2N2O3S/c19-18(20)26(24,25)14-8-6-13(7-9-14)17(23)22-10-15(16(21)11-22)12-4-2-1-3-5-12/h1-9,15-16,18H,10-11,21H2/t15-,16+/m0/s1. The lowest BCUT2D eigenvalue weighted by Gasteiger charge is -2.17. The fraction of sp³-hybridized carbons (Fsp3) is 0.278. The maximum absolute atomic E-state index is 12.6. The minimum absolute atomic E-state index is 0.0126. The second-order valence-electron chi connectivity index (χ2n) is 6.22. The summed E-state index contributed by atoms with van der Waals surface area (Å²) in [4.78, 5) is 13.7. The van der Waals surface area contributed by atoms with E-state index >= 15 is 0 Å². The van der Waals surface area contributed by atoms with E-state index in [0.29, 0.717) is 13.1 Å². The highest BCUT2D eigenvalue weighted by molar-refractivity contribution is 7.91. The molecule has 1 aliphatic rings. The van der Waals surface area contributed by atoms with Crippen molar-refractivity contribution in [3.8, 4) is 0 Å². The SMILES string of the molecule is N[C@@H]1CN(C(=O)c2ccc(S(=O)(=O)C(F)F)cc2)C[C@H]1c1ccccc1. The van der Waals surface area contributed by atoms with Crippen LogP contribution in [0.25, 0.3) is 0 Å². The molecule has 3 rings (SSSR count). The Morgan fingerprint density at radius 1 is 1.04 bits per heavy atom. The lowest BCUT2D eigenvalue weighted by molar-refractivity contribution is 0.0789. The predicted octanol–water partition coefficient (Wildman–Crippen LogP) is 2.25. The largest absolute Gasteiger partial charge is 0.341 e. The zero-order valence-electron chi connectivity index (χ0n) is 13.8. The van der Waals surface area contributed by atoms with Gasteiger partial charge in [0.05, 0.1) is 4.90 Å². The summed E-state index contributed by atoms with van der Waals surface area (Å²) in [6.07, 6.45) is 0. The minimum Gasteiger partial charge on any atom is -0.336 e. The lowest BCUT2D eigenvalue weighted by atomic mass is 9.95. The van der Waals surface area contributed by atoms with Crippen LogP contribution in [0, 0.1) is 0 Å². The number of nitrogens with zero attached hydrogens (tertiary/aromatic N) is 1. The normalized spacial score (nSPS) is 20.5. The Hall–Kier alpha value is -2.32. The van der Waals surface area contributed by atoms with E-state index in [9.17, 15) is 22.0 Å². The monoisotopic (exact) mass is 380 g/mol. The van der Waals surface area contributed by atoms with Crippen LogP contribution >= 0.6 is 0 Å². The van der Waals surface area contributed by atoms with Gasteiger partial charge in [-0.1, -0.05) is 30.3 Å². The van der Waals surface area contributed by atoms with Crippen LogP contribution in [0.2, 0.25) is 0 Å². The summed E-state index contributed by atoms with van der Waals surface area (Å²) in [5.74, 6) is -3.79. The number of likely N-dealkylation sites (tertiary alicyclic amines) is 1. The molecule has 0 unspecified atom stereocenters. The number of carbonyl (C=O) groups excluding carboxylic acids is 1. The van der Waals surface area contributed by atoms with Gasteiger partial charge in [-0.15, -0.1) is 0 Å². The lowest BCUT2D eigenvalue weighted by Crippen LogP contribution is -2.32. The number of hydrogen-bond acceptors (Lipinski definition) is 4. The smallest absolute Gasteiger partial charge is 0.336 e. The second-order valence-corrected chi connectivity index (χ2v) is 8.14. The molecule has 0 saturated carbocycles. The average Bonchev–Trinajstić information content (AvgIpc) is 3.03. The Morgan fingerprint density at radius 2 is 1.65 bits per heavy atom. The highest BCUT2D eigenvalue weighted by Crippen LogP contribution is 2.28. The number of amides is 1. The molecule has 0 bridgehead atoms. The number of alkyl halides is 2. The molecule has 5 nitrogen and oxygen atoms in total. The van der Waals surface area contributed by atoms with Crippen LogP contribution in [0.1, 0.15) is 21.8 Å². The summed E-state index contributed by atoms with van der Waals surface area (Å²) in [6.45, 7) is 0.816. The van der Waals surface area contributed by atoms with E-state index in [0.717, 1.165) is 17.7 Å². The van der Waals surface area contributed by atoms with Crippen LogP contribution in [0.4, 0.5) is 8.78 Å². The summed E-state index contributed by atoms with van der Waals surface area (Å²) >= 11 is 0. The van der Waals surface area contributed by atoms with Gasteiger partial charge in [0.25, 0.3) is 5.91 Å². The molecule has 0 aromatic heterocycles. The zero-order chi connectivity index (χ0) is 18.9. The van der Waals surface area contributed by atoms with Crippen LogP contribution < -0.4 is 5.73 Å². The Labute approximate surface area is 150 Å². The molecule has 8 heteroatoms. The molecular weight excluding hydrogens is 362 g/mol. The van der Waals surface area contributed by atoms with E-state index in [-0.39, 0.29) is 23.4 Å². The summed E-state index contributed by atoms with van der Waals surface area (Å²) in [7, 11) is -4.67. The number of carbonyl (C=O) groups is 1. The summed E-state index contributed by atoms with van der Waals surface area (Å²) < 4.78 is 48.0. The number of sulfone groups is 1. The third kappa shape index (κ3) is 3.47. The van der Waals surface area contributed by atoms with Gasteiger partial charge in [0, 0.05) is 30.6 Å². The Kier molecular flexibility index (Phi) is 5.06. The van der Waals surface area contributed by atoms with E-state index in [2.05, 4.69) is 0 Å². The second kappa shape index (κ2) is 7.13.